The zero-order chi connectivity index (χ0) is 18.8. The van der Waals surface area contributed by atoms with E-state index >= 15 is 0 Å². The van der Waals surface area contributed by atoms with Crippen LogP contribution in [0.25, 0.3) is 16.5 Å². The van der Waals surface area contributed by atoms with Gasteiger partial charge in [0.05, 0.1) is 5.52 Å². The van der Waals surface area contributed by atoms with Crippen molar-refractivity contribution in [2.75, 3.05) is 12.8 Å². The molecule has 1 aliphatic rings. The zero-order valence-electron chi connectivity index (χ0n) is 15.0. The molecule has 3 heterocycles. The van der Waals surface area contributed by atoms with E-state index in [0.717, 1.165) is 16.5 Å². The van der Waals surface area contributed by atoms with Gasteiger partial charge in [-0.05, 0) is 18.6 Å². The van der Waals surface area contributed by atoms with Gasteiger partial charge in [-0.15, -0.1) is 0 Å². The van der Waals surface area contributed by atoms with E-state index in [-0.39, 0.29) is 17.7 Å². The summed E-state index contributed by atoms with van der Waals surface area (Å²) in [4.78, 5) is 32.9. The van der Waals surface area contributed by atoms with Crippen LogP contribution in [-0.2, 0) is 4.79 Å². The van der Waals surface area contributed by atoms with Crippen LogP contribution in [0, 0.1) is 0 Å². The van der Waals surface area contributed by atoms with Crippen LogP contribution in [0.2, 0.25) is 0 Å². The highest BCUT2D eigenvalue weighted by Crippen LogP contribution is 2.30. The molecule has 0 fully saturated rings. The van der Waals surface area contributed by atoms with Gasteiger partial charge in [0.2, 0.25) is 0 Å². The Hall–Kier alpha value is -3.22. The summed E-state index contributed by atoms with van der Waals surface area (Å²) >= 11 is 0. The number of ketones is 1. The van der Waals surface area contributed by atoms with Gasteiger partial charge in [-0.3, -0.25) is 9.59 Å². The molecule has 1 unspecified atom stereocenters. The molecular formula is C19H21N5O2. The molecule has 0 saturated heterocycles. The summed E-state index contributed by atoms with van der Waals surface area (Å²) in [6, 6.07) is 3.16. The number of nitrogens with zero attached hydrogens (tertiary/aromatic N) is 2. The number of carbonyl (C=O) groups is 2. The monoisotopic (exact) mass is 351 g/mol. The number of nitrogens with two attached hydrogens (primary N) is 1. The summed E-state index contributed by atoms with van der Waals surface area (Å²) in [5, 5.41) is 6.51. The number of nitrogens with one attached hydrogen (secondary N) is 2. The molecular weight excluding hydrogens is 330 g/mol. The fourth-order valence-electron chi connectivity index (χ4n) is 2.95. The smallest absolute Gasteiger partial charge is 0.270 e. The average Bonchev–Trinajstić information content (AvgIpc) is 2.65. The lowest BCUT2D eigenvalue weighted by Crippen LogP contribution is -2.33. The third-order valence-corrected chi connectivity index (χ3v) is 4.40. The average molecular weight is 351 g/mol. The summed E-state index contributed by atoms with van der Waals surface area (Å²) in [5.41, 5.74) is 9.02. The van der Waals surface area contributed by atoms with Gasteiger partial charge in [-0.2, -0.15) is 0 Å². The zero-order valence-corrected chi connectivity index (χ0v) is 15.0. The first-order valence-electron chi connectivity index (χ1n) is 8.41. The molecule has 2 aromatic heterocycles. The van der Waals surface area contributed by atoms with Crippen molar-refractivity contribution < 1.29 is 9.59 Å². The Kier molecular flexibility index (Phi) is 4.71. The number of aromatic nitrogens is 2. The minimum Gasteiger partial charge on any atom is -0.384 e. The Morgan fingerprint density at radius 2 is 2.12 bits per heavy atom. The SMILES string of the molecule is CCC(=O)C1C=C(C)C(c2cc3cnc(N)cc3nc2C(=O)NC)=CN1. The van der Waals surface area contributed by atoms with Crippen LogP contribution >= 0.6 is 0 Å². The van der Waals surface area contributed by atoms with Gasteiger partial charge < -0.3 is 16.4 Å². The van der Waals surface area contributed by atoms with Gasteiger partial charge in [0, 0.05) is 48.5 Å². The Bertz CT molecular complexity index is 962. The van der Waals surface area contributed by atoms with E-state index in [1.807, 2.05) is 26.0 Å². The topological polar surface area (TPSA) is 110 Å². The molecule has 0 saturated carbocycles. The van der Waals surface area contributed by atoms with Crippen LogP contribution in [0.5, 0.6) is 0 Å². The summed E-state index contributed by atoms with van der Waals surface area (Å²) in [5.74, 6) is 0.163. The van der Waals surface area contributed by atoms with Crippen molar-refractivity contribution in [2.24, 2.45) is 0 Å². The fraction of sp³-hybridized carbons (Fsp3) is 0.263. The van der Waals surface area contributed by atoms with Crippen molar-refractivity contribution in [2.45, 2.75) is 26.3 Å². The molecule has 7 heteroatoms. The maximum atomic E-state index is 12.4. The van der Waals surface area contributed by atoms with Crippen molar-refractivity contribution in [3.63, 3.8) is 0 Å². The summed E-state index contributed by atoms with van der Waals surface area (Å²) in [6.45, 7) is 3.75. The number of anilines is 1. The number of rotatable bonds is 4. The van der Waals surface area contributed by atoms with Gasteiger partial charge in [0.25, 0.3) is 5.91 Å². The largest absolute Gasteiger partial charge is 0.384 e. The molecule has 1 aliphatic heterocycles. The number of hydrogen-bond acceptors (Lipinski definition) is 6. The Labute approximate surface area is 151 Å². The Balaban J connectivity index is 2.13. The summed E-state index contributed by atoms with van der Waals surface area (Å²) in [6.07, 6.45) is 5.74. The van der Waals surface area contributed by atoms with Crippen LogP contribution in [0.4, 0.5) is 5.82 Å². The number of pyridine rings is 2. The third-order valence-electron chi connectivity index (χ3n) is 4.40. The highest BCUT2D eigenvalue weighted by molar-refractivity contribution is 6.02. The van der Waals surface area contributed by atoms with E-state index in [4.69, 9.17) is 5.73 Å². The van der Waals surface area contributed by atoms with E-state index in [1.54, 1.807) is 25.5 Å². The van der Waals surface area contributed by atoms with Crippen LogP contribution in [0.15, 0.2) is 36.2 Å². The molecule has 0 aliphatic carbocycles. The van der Waals surface area contributed by atoms with Gasteiger partial charge in [0.15, 0.2) is 5.78 Å². The standard InChI is InChI=1S/C19H21N5O2/c1-4-16(25)15-5-10(2)13(9-22-15)12-6-11-8-23-17(20)7-14(11)24-18(12)19(26)21-3/h5-9,15,22H,4H2,1-3H3,(H2,20,23)(H,21,26). The summed E-state index contributed by atoms with van der Waals surface area (Å²) < 4.78 is 0. The molecule has 26 heavy (non-hydrogen) atoms. The van der Waals surface area contributed by atoms with Crippen LogP contribution in [0.3, 0.4) is 0 Å². The number of carbonyl (C=O) groups excluding carboxylic acids is 2. The quantitative estimate of drug-likeness (QED) is 0.775. The lowest BCUT2D eigenvalue weighted by molar-refractivity contribution is -0.119. The second kappa shape index (κ2) is 6.95. The minimum atomic E-state index is -0.345. The van der Waals surface area contributed by atoms with Crippen molar-refractivity contribution in [3.8, 4) is 0 Å². The van der Waals surface area contributed by atoms with E-state index in [0.29, 0.717) is 29.0 Å². The highest BCUT2D eigenvalue weighted by Gasteiger charge is 2.23. The Morgan fingerprint density at radius 3 is 2.77 bits per heavy atom. The number of nitrogen functional groups attached to an aromatic ring is 1. The third kappa shape index (κ3) is 3.15. The first-order chi connectivity index (χ1) is 12.4. The van der Waals surface area contributed by atoms with Gasteiger partial charge in [0.1, 0.15) is 17.6 Å². The van der Waals surface area contributed by atoms with E-state index < -0.39 is 0 Å². The molecule has 0 spiro atoms. The highest BCUT2D eigenvalue weighted by atomic mass is 16.1. The number of allylic oxidation sites excluding steroid dienone is 2. The van der Waals surface area contributed by atoms with Crippen molar-refractivity contribution in [1.29, 1.82) is 0 Å². The molecule has 7 nitrogen and oxygen atoms in total. The molecule has 0 radical (unpaired) electrons. The van der Waals surface area contributed by atoms with Crippen LogP contribution in [-0.4, -0.2) is 34.7 Å². The predicted molar refractivity (Wildman–Crippen MR) is 101 cm³/mol. The molecule has 0 bridgehead atoms. The van der Waals surface area contributed by atoms with E-state index in [9.17, 15) is 9.59 Å². The van der Waals surface area contributed by atoms with Crippen molar-refractivity contribution in [1.82, 2.24) is 20.6 Å². The normalized spacial score (nSPS) is 16.5. The van der Waals surface area contributed by atoms with E-state index in [1.165, 1.54) is 0 Å². The van der Waals surface area contributed by atoms with E-state index in [2.05, 4.69) is 20.6 Å². The molecule has 134 valence electrons. The van der Waals surface area contributed by atoms with Gasteiger partial charge in [-0.1, -0.05) is 13.0 Å². The lowest BCUT2D eigenvalue weighted by Gasteiger charge is -2.22. The number of hydrogen-bond donors (Lipinski definition) is 3. The van der Waals surface area contributed by atoms with Crippen LogP contribution < -0.4 is 16.4 Å². The fourth-order valence-corrected chi connectivity index (χ4v) is 2.95. The van der Waals surface area contributed by atoms with Gasteiger partial charge in [-0.25, -0.2) is 9.97 Å². The molecule has 1 atom stereocenters. The molecule has 0 aromatic carbocycles. The number of fused-ring (bicyclic) bond motifs is 1. The van der Waals surface area contributed by atoms with Crippen LogP contribution in [0.1, 0.15) is 36.3 Å². The molecule has 1 amide bonds. The second-order valence-corrected chi connectivity index (χ2v) is 6.14. The first-order valence-corrected chi connectivity index (χ1v) is 8.41. The Morgan fingerprint density at radius 1 is 1.35 bits per heavy atom. The number of amides is 1. The van der Waals surface area contributed by atoms with Crippen molar-refractivity contribution in [3.05, 3.63) is 47.4 Å². The predicted octanol–water partition coefficient (Wildman–Crippen LogP) is 1.81. The number of Topliss-reactive ketones (excluding diaryl/α,β-unsaturated/α-hetero) is 1. The molecule has 4 N–H and O–H groups in total. The lowest BCUT2D eigenvalue weighted by atomic mass is 9.92. The van der Waals surface area contributed by atoms with Crippen molar-refractivity contribution >= 4 is 34.0 Å². The first kappa shape index (κ1) is 17.6. The summed E-state index contributed by atoms with van der Waals surface area (Å²) in [7, 11) is 1.56. The van der Waals surface area contributed by atoms with Gasteiger partial charge >= 0.3 is 0 Å². The molecule has 2 aromatic rings. The maximum Gasteiger partial charge on any atom is 0.270 e. The minimum absolute atomic E-state index is 0.113. The number of dihydropyridines is 1. The second-order valence-electron chi connectivity index (χ2n) is 6.14. The molecule has 3 rings (SSSR count). The maximum absolute atomic E-state index is 12.4.